The number of halogens is 4. The van der Waals surface area contributed by atoms with Gasteiger partial charge in [0, 0.05) is 23.9 Å². The van der Waals surface area contributed by atoms with Crippen molar-refractivity contribution >= 4 is 9.84 Å². The van der Waals surface area contributed by atoms with E-state index in [4.69, 9.17) is 0 Å². The molecule has 0 saturated heterocycles. The molecule has 0 spiro atoms. The summed E-state index contributed by atoms with van der Waals surface area (Å²) in [4.78, 5) is -0.00962. The third-order valence-corrected chi connectivity index (χ3v) is 6.49. The molecule has 0 bridgehead atoms. The molecule has 0 saturated carbocycles. The SMILES string of the molecule is CS(=O)(=O)c1ccc(-c2c(-c3ccc(F)cc3)nn(CCc3ccccc3)c2C(F)(F)F)cc1. The Balaban J connectivity index is 1.90. The first-order valence-electron chi connectivity index (χ1n) is 10.3. The van der Waals surface area contributed by atoms with Crippen molar-refractivity contribution in [2.45, 2.75) is 24.0 Å². The second-order valence-corrected chi connectivity index (χ2v) is 9.85. The van der Waals surface area contributed by atoms with Crippen LogP contribution in [-0.4, -0.2) is 24.5 Å². The molecule has 0 fully saturated rings. The number of hydrogen-bond donors (Lipinski definition) is 0. The molecule has 4 rings (SSSR count). The molecular weight excluding hydrogens is 468 g/mol. The van der Waals surface area contributed by atoms with Crippen molar-refractivity contribution in [1.29, 1.82) is 0 Å². The van der Waals surface area contributed by atoms with Crippen LogP contribution in [0.2, 0.25) is 0 Å². The Hall–Kier alpha value is -3.46. The van der Waals surface area contributed by atoms with Gasteiger partial charge in [0.25, 0.3) is 0 Å². The van der Waals surface area contributed by atoms with Crippen molar-refractivity contribution in [3.63, 3.8) is 0 Å². The molecule has 34 heavy (non-hydrogen) atoms. The number of alkyl halides is 3. The molecule has 0 atom stereocenters. The highest BCUT2D eigenvalue weighted by Gasteiger charge is 2.40. The second-order valence-electron chi connectivity index (χ2n) is 7.83. The van der Waals surface area contributed by atoms with Gasteiger partial charge in [-0.05, 0) is 53.9 Å². The van der Waals surface area contributed by atoms with Crippen LogP contribution in [0.15, 0.2) is 83.8 Å². The Morgan fingerprint density at radius 3 is 2.00 bits per heavy atom. The van der Waals surface area contributed by atoms with Crippen LogP contribution in [-0.2, 0) is 29.0 Å². The maximum absolute atomic E-state index is 14.4. The van der Waals surface area contributed by atoms with E-state index >= 15 is 0 Å². The maximum Gasteiger partial charge on any atom is 0.433 e. The molecular formula is C25H20F4N2O2S. The first-order valence-corrected chi connectivity index (χ1v) is 12.2. The van der Waals surface area contributed by atoms with Crippen LogP contribution in [0.1, 0.15) is 11.3 Å². The molecule has 0 amide bonds. The van der Waals surface area contributed by atoms with Gasteiger partial charge in [-0.25, -0.2) is 12.8 Å². The van der Waals surface area contributed by atoms with Gasteiger partial charge in [-0.3, -0.25) is 4.68 Å². The smallest absolute Gasteiger partial charge is 0.259 e. The summed E-state index contributed by atoms with van der Waals surface area (Å²) in [6.45, 7) is -0.0333. The van der Waals surface area contributed by atoms with Crippen molar-refractivity contribution in [3.8, 4) is 22.4 Å². The van der Waals surface area contributed by atoms with Gasteiger partial charge in [-0.15, -0.1) is 0 Å². The lowest BCUT2D eigenvalue weighted by Crippen LogP contribution is -2.17. The number of hydrogen-bond acceptors (Lipinski definition) is 3. The zero-order chi connectivity index (χ0) is 24.5. The Labute approximate surface area is 194 Å². The Morgan fingerprint density at radius 2 is 1.44 bits per heavy atom. The highest BCUT2D eigenvalue weighted by Crippen LogP contribution is 2.43. The highest BCUT2D eigenvalue weighted by atomic mass is 32.2. The van der Waals surface area contributed by atoms with Gasteiger partial charge in [0.15, 0.2) is 15.5 Å². The summed E-state index contributed by atoms with van der Waals surface area (Å²) in [5.74, 6) is -0.526. The van der Waals surface area contributed by atoms with Gasteiger partial charge in [0.05, 0.1) is 4.90 Å². The topological polar surface area (TPSA) is 52.0 Å². The number of aromatic nitrogens is 2. The molecule has 3 aromatic carbocycles. The van der Waals surface area contributed by atoms with Crippen LogP contribution in [0, 0.1) is 5.82 Å². The normalized spacial score (nSPS) is 12.1. The largest absolute Gasteiger partial charge is 0.433 e. The quantitative estimate of drug-likeness (QED) is 0.312. The predicted molar refractivity (Wildman–Crippen MR) is 121 cm³/mol. The van der Waals surface area contributed by atoms with Gasteiger partial charge in [0.2, 0.25) is 0 Å². The molecule has 0 aliphatic heterocycles. The lowest BCUT2D eigenvalue weighted by atomic mass is 9.98. The number of sulfone groups is 1. The van der Waals surface area contributed by atoms with E-state index in [9.17, 15) is 26.0 Å². The van der Waals surface area contributed by atoms with Gasteiger partial charge in [-0.2, -0.15) is 18.3 Å². The fraction of sp³-hybridized carbons (Fsp3) is 0.160. The van der Waals surface area contributed by atoms with Crippen molar-refractivity contribution < 1.29 is 26.0 Å². The number of rotatable bonds is 6. The first-order chi connectivity index (χ1) is 16.0. The van der Waals surface area contributed by atoms with E-state index in [0.29, 0.717) is 12.0 Å². The average molecular weight is 489 g/mol. The van der Waals surface area contributed by atoms with Crippen LogP contribution < -0.4 is 0 Å². The molecule has 0 radical (unpaired) electrons. The summed E-state index contributed by atoms with van der Waals surface area (Å²) >= 11 is 0. The Morgan fingerprint density at radius 1 is 0.853 bits per heavy atom. The average Bonchev–Trinajstić information content (AvgIpc) is 3.18. The summed E-state index contributed by atoms with van der Waals surface area (Å²) in [6.07, 6.45) is -3.40. The number of aryl methyl sites for hydroxylation is 2. The van der Waals surface area contributed by atoms with E-state index in [1.54, 1.807) is 0 Å². The van der Waals surface area contributed by atoms with Crippen molar-refractivity contribution in [1.82, 2.24) is 9.78 Å². The third kappa shape index (κ3) is 5.04. The molecule has 0 unspecified atom stereocenters. The minimum Gasteiger partial charge on any atom is -0.259 e. The van der Waals surface area contributed by atoms with Crippen molar-refractivity contribution in [2.24, 2.45) is 0 Å². The molecule has 4 aromatic rings. The summed E-state index contributed by atoms with van der Waals surface area (Å²) in [7, 11) is -3.53. The van der Waals surface area contributed by atoms with Crippen LogP contribution in [0.4, 0.5) is 17.6 Å². The number of benzene rings is 3. The van der Waals surface area contributed by atoms with E-state index in [-0.39, 0.29) is 28.3 Å². The molecule has 0 aliphatic rings. The molecule has 0 aliphatic carbocycles. The van der Waals surface area contributed by atoms with Gasteiger partial charge >= 0.3 is 6.18 Å². The molecule has 176 valence electrons. The van der Waals surface area contributed by atoms with Crippen LogP contribution >= 0.6 is 0 Å². The summed E-state index contributed by atoms with van der Waals surface area (Å²) in [5.41, 5.74) is 0.223. The van der Waals surface area contributed by atoms with E-state index in [1.807, 2.05) is 30.3 Å². The van der Waals surface area contributed by atoms with Crippen LogP contribution in [0.5, 0.6) is 0 Å². The lowest BCUT2D eigenvalue weighted by molar-refractivity contribution is -0.143. The minimum absolute atomic E-state index is 0.00962. The zero-order valence-electron chi connectivity index (χ0n) is 18.1. The fourth-order valence-electron chi connectivity index (χ4n) is 3.74. The monoisotopic (exact) mass is 488 g/mol. The maximum atomic E-state index is 14.4. The second kappa shape index (κ2) is 9.06. The standard InChI is InChI=1S/C25H20F4N2O2S/c1-34(32,33)21-13-9-18(10-14-21)22-23(19-7-11-20(26)12-8-19)30-31(24(22)25(27,28)29)16-15-17-5-3-2-4-6-17/h2-14H,15-16H2,1H3. The molecule has 1 heterocycles. The summed E-state index contributed by atoms with van der Waals surface area (Å²) in [6, 6.07) is 19.3. The van der Waals surface area contributed by atoms with Gasteiger partial charge in [0.1, 0.15) is 11.5 Å². The molecule has 0 N–H and O–H groups in total. The molecule has 4 nitrogen and oxygen atoms in total. The zero-order valence-corrected chi connectivity index (χ0v) is 18.9. The summed E-state index contributed by atoms with van der Waals surface area (Å²) in [5, 5.41) is 4.30. The lowest BCUT2D eigenvalue weighted by Gasteiger charge is -2.13. The Bertz CT molecular complexity index is 1390. The van der Waals surface area contributed by atoms with Crippen LogP contribution in [0.3, 0.4) is 0 Å². The minimum atomic E-state index is -4.74. The third-order valence-electron chi connectivity index (χ3n) is 5.36. The van der Waals surface area contributed by atoms with E-state index in [0.717, 1.165) is 28.6 Å². The van der Waals surface area contributed by atoms with Gasteiger partial charge in [-0.1, -0.05) is 42.5 Å². The predicted octanol–water partition coefficient (Wildman–Crippen LogP) is 6.02. The Kier molecular flexibility index (Phi) is 6.31. The van der Waals surface area contributed by atoms with E-state index in [1.165, 1.54) is 36.4 Å². The first kappa shape index (κ1) is 23.7. The molecule has 1 aromatic heterocycles. The number of nitrogens with zero attached hydrogens (tertiary/aromatic N) is 2. The molecule has 9 heteroatoms. The highest BCUT2D eigenvalue weighted by molar-refractivity contribution is 7.90. The van der Waals surface area contributed by atoms with Gasteiger partial charge < -0.3 is 0 Å². The van der Waals surface area contributed by atoms with Crippen molar-refractivity contribution in [2.75, 3.05) is 6.26 Å². The van der Waals surface area contributed by atoms with E-state index < -0.39 is 27.5 Å². The summed E-state index contributed by atoms with van der Waals surface area (Å²) < 4.78 is 81.2. The fourth-order valence-corrected chi connectivity index (χ4v) is 4.37. The van der Waals surface area contributed by atoms with Crippen LogP contribution in [0.25, 0.3) is 22.4 Å². The van der Waals surface area contributed by atoms with E-state index in [2.05, 4.69) is 5.10 Å². The van der Waals surface area contributed by atoms with Crippen molar-refractivity contribution in [3.05, 3.63) is 95.9 Å².